The van der Waals surface area contributed by atoms with Gasteiger partial charge in [0.15, 0.2) is 0 Å². The Morgan fingerprint density at radius 3 is 1.36 bits per heavy atom. The fourth-order valence-electron chi connectivity index (χ4n) is 5.07. The van der Waals surface area contributed by atoms with Gasteiger partial charge < -0.3 is 17.4 Å². The number of hydrogen-bond donors (Lipinski definition) is 3. The van der Waals surface area contributed by atoms with Gasteiger partial charge in [-0.15, -0.1) is 0 Å². The Labute approximate surface area is 354 Å². The number of benzene rings is 1. The minimum absolute atomic E-state index is 0. The van der Waals surface area contributed by atoms with Gasteiger partial charge >= 0.3 is 35.5 Å². The van der Waals surface area contributed by atoms with E-state index in [-0.39, 0.29) is 57.1 Å². The van der Waals surface area contributed by atoms with Crippen LogP contribution in [0.3, 0.4) is 0 Å². The number of imide groups is 1. The van der Waals surface area contributed by atoms with E-state index in [4.69, 9.17) is 15.9 Å². The summed E-state index contributed by atoms with van der Waals surface area (Å²) in [5.41, 5.74) is 6.51. The summed E-state index contributed by atoms with van der Waals surface area (Å²) < 4.78 is 0. The number of nitrogens with zero attached hydrogens (tertiary/aromatic N) is 1. The molecule has 7 nitrogen and oxygen atoms in total. The first-order valence-corrected chi connectivity index (χ1v) is 20.7. The fourth-order valence-corrected chi connectivity index (χ4v) is 5.07. The zero-order chi connectivity index (χ0) is 39.6. The Balaban J connectivity index is -0.000000139. The van der Waals surface area contributed by atoms with Gasteiger partial charge in [-0.2, -0.15) is 0 Å². The van der Waals surface area contributed by atoms with E-state index in [1.807, 2.05) is 0 Å². The molecule has 1 aliphatic rings. The predicted molar refractivity (Wildman–Crippen MR) is 226 cm³/mol. The number of aliphatic hydroxyl groups excluding tert-OH is 1. The molecule has 4 N–H and O–H groups in total. The molecule has 1 aliphatic heterocycles. The standard InChI is InChI=1S/C15H19NO2.C8H18.C7H17N.C7H14O2.C7H16O.B.Na.H/c1-3-4-7-11(2)10-16-14(17)12-8-5-6-9-13(12)15(16)18;1-4-6-7-8(3)5-2;1-3-4-5-7(2)6-8;1-3-4-5-6(2)7(8)9;1-3-4-5-7(2)6-8;;;/h5-6,8-9,11H,3-4,7,10H2,1-2H3;8H,4-7H2,1-3H3;7H,3-6,8H2,1-2H3;6H,3-5H2,1-2H3,(H,8,9);7-8H,3-6H2,1-2H3;;;/q;;;;;;+1;-1/t11-;8-;7-;6-;7-;;;/m10111.../s1. The molecular weight excluding hydrogens is 670 g/mol. The molecule has 0 unspecified atom stereocenters. The van der Waals surface area contributed by atoms with Crippen molar-refractivity contribution < 1.29 is 55.6 Å². The molecule has 0 bridgehead atoms. The first kappa shape index (κ1) is 61.0. The Bertz CT molecular complexity index is 922. The number of rotatable bonds is 21. The Kier molecular flexibility index (Phi) is 48.3. The van der Waals surface area contributed by atoms with E-state index in [2.05, 4.69) is 69.2 Å². The summed E-state index contributed by atoms with van der Waals surface area (Å²) in [6, 6.07) is 7.06. The molecule has 1 heterocycles. The molecule has 9 heteroatoms. The summed E-state index contributed by atoms with van der Waals surface area (Å²) >= 11 is 0. The molecule has 0 aromatic heterocycles. The molecule has 1 aromatic carbocycles. The largest absolute Gasteiger partial charge is 1.00 e. The van der Waals surface area contributed by atoms with E-state index in [9.17, 15) is 14.4 Å². The molecule has 305 valence electrons. The smallest absolute Gasteiger partial charge is 1.00 e. The maximum atomic E-state index is 12.1. The van der Waals surface area contributed by atoms with Crippen LogP contribution < -0.4 is 35.3 Å². The van der Waals surface area contributed by atoms with Crippen LogP contribution in [-0.2, 0) is 4.79 Å². The van der Waals surface area contributed by atoms with Crippen LogP contribution in [0.15, 0.2) is 24.3 Å². The molecule has 0 saturated carbocycles. The molecule has 0 saturated heterocycles. The predicted octanol–water partition coefficient (Wildman–Crippen LogP) is 8.54. The number of carboxylic acid groups (broad SMARTS) is 1. The normalized spacial score (nSPS) is 13.9. The molecule has 1 aromatic rings. The number of carbonyl (C=O) groups is 3. The molecule has 0 spiro atoms. The summed E-state index contributed by atoms with van der Waals surface area (Å²) in [5.74, 6) is 1.44. The number of aliphatic hydroxyl groups is 1. The second-order valence-electron chi connectivity index (χ2n) is 15.0. The van der Waals surface area contributed by atoms with Crippen LogP contribution in [0.5, 0.6) is 0 Å². The molecule has 2 rings (SSSR count). The second kappa shape index (κ2) is 42.0. The van der Waals surface area contributed by atoms with Crippen molar-refractivity contribution in [3.63, 3.8) is 0 Å². The number of fused-ring (bicyclic) bond motifs is 1. The van der Waals surface area contributed by atoms with Gasteiger partial charge in [0.25, 0.3) is 11.8 Å². The van der Waals surface area contributed by atoms with Gasteiger partial charge in [0.1, 0.15) is 0 Å². The van der Waals surface area contributed by atoms with Crippen molar-refractivity contribution in [2.24, 2.45) is 35.3 Å². The number of amides is 2. The summed E-state index contributed by atoms with van der Waals surface area (Å²) in [5, 5.41) is 17.0. The van der Waals surface area contributed by atoms with E-state index in [0.717, 1.165) is 56.9 Å². The van der Waals surface area contributed by atoms with Crippen LogP contribution in [0.25, 0.3) is 0 Å². The van der Waals surface area contributed by atoms with Gasteiger partial charge in [0.2, 0.25) is 0 Å². The van der Waals surface area contributed by atoms with Gasteiger partial charge in [-0.25, -0.2) is 0 Å². The Morgan fingerprint density at radius 2 is 1.02 bits per heavy atom. The van der Waals surface area contributed by atoms with E-state index in [0.29, 0.717) is 36.1 Å². The number of unbranched alkanes of at least 4 members (excludes halogenated alkanes) is 5. The zero-order valence-corrected chi connectivity index (χ0v) is 38.9. The van der Waals surface area contributed by atoms with E-state index in [1.54, 1.807) is 31.2 Å². The minimum atomic E-state index is -0.677. The van der Waals surface area contributed by atoms with Gasteiger partial charge in [-0.1, -0.05) is 165 Å². The minimum Gasteiger partial charge on any atom is -1.00 e. The van der Waals surface area contributed by atoms with Gasteiger partial charge in [0.05, 0.1) is 17.0 Å². The Hall–Kier alpha value is -1.19. The summed E-state index contributed by atoms with van der Waals surface area (Å²) in [7, 11) is 0. The van der Waals surface area contributed by atoms with Crippen molar-refractivity contribution in [3.05, 3.63) is 35.4 Å². The SMILES string of the molecule is CCCC[C@@H](C)C(=O)O.CCCC[C@@H](C)CC.CCCC[C@@H](C)CN.CCCC[C@@H](C)CN1C(=O)c2ccccc2C1=O.CCCC[C@@H](C)CO.[B].[H-].[Na+]. The molecule has 53 heavy (non-hydrogen) atoms. The number of carbonyl (C=O) groups excluding carboxylic acids is 2. The average molecular weight is 756 g/mol. The molecular formula is C44H85BN2NaO5. The monoisotopic (exact) mass is 756 g/mol. The van der Waals surface area contributed by atoms with Crippen LogP contribution in [-0.4, -0.2) is 61.0 Å². The number of carboxylic acids is 1. The number of hydrogen-bond acceptors (Lipinski definition) is 5. The summed E-state index contributed by atoms with van der Waals surface area (Å²) in [6.07, 6.45) is 19.4. The average Bonchev–Trinajstić information content (AvgIpc) is 3.38. The van der Waals surface area contributed by atoms with Crippen molar-refractivity contribution in [1.82, 2.24) is 4.90 Å². The third-order valence-electron chi connectivity index (χ3n) is 9.40. The van der Waals surface area contributed by atoms with Crippen molar-refractivity contribution in [2.75, 3.05) is 19.7 Å². The molecule has 0 aliphatic carbocycles. The van der Waals surface area contributed by atoms with Gasteiger partial charge in [-0.05, 0) is 68.0 Å². The summed E-state index contributed by atoms with van der Waals surface area (Å²) in [6.45, 7) is 25.3. The van der Waals surface area contributed by atoms with Gasteiger partial charge in [0, 0.05) is 21.6 Å². The van der Waals surface area contributed by atoms with Crippen LogP contribution in [0, 0.1) is 29.6 Å². The van der Waals surface area contributed by atoms with Crippen LogP contribution in [0.4, 0.5) is 0 Å². The van der Waals surface area contributed by atoms with Crippen LogP contribution >= 0.6 is 0 Å². The molecule has 5 atom stereocenters. The zero-order valence-electron chi connectivity index (χ0n) is 37.9. The van der Waals surface area contributed by atoms with Gasteiger partial charge in [-0.3, -0.25) is 19.3 Å². The van der Waals surface area contributed by atoms with E-state index < -0.39 is 5.97 Å². The number of nitrogens with two attached hydrogens (primary N) is 1. The fraction of sp³-hybridized carbons (Fsp3) is 0.795. The van der Waals surface area contributed by atoms with Crippen molar-refractivity contribution in [2.45, 2.75) is 179 Å². The third kappa shape index (κ3) is 33.8. The molecule has 0 fully saturated rings. The summed E-state index contributed by atoms with van der Waals surface area (Å²) in [4.78, 5) is 35.8. The van der Waals surface area contributed by atoms with Crippen LogP contribution in [0.2, 0.25) is 0 Å². The molecule has 3 radical (unpaired) electrons. The Morgan fingerprint density at radius 1 is 0.660 bits per heavy atom. The quantitative estimate of drug-likeness (QED) is 0.0855. The maximum Gasteiger partial charge on any atom is 1.00 e. The second-order valence-corrected chi connectivity index (χ2v) is 15.0. The van der Waals surface area contributed by atoms with E-state index in [1.165, 1.54) is 69.1 Å². The van der Waals surface area contributed by atoms with Crippen molar-refractivity contribution >= 4 is 26.2 Å². The third-order valence-corrected chi connectivity index (χ3v) is 9.40. The molecule has 2 amide bonds. The maximum absolute atomic E-state index is 12.1. The van der Waals surface area contributed by atoms with E-state index >= 15 is 0 Å². The topological polar surface area (TPSA) is 121 Å². The number of aliphatic carboxylic acids is 1. The first-order valence-electron chi connectivity index (χ1n) is 20.7. The van der Waals surface area contributed by atoms with Crippen molar-refractivity contribution in [3.8, 4) is 0 Å². The van der Waals surface area contributed by atoms with Crippen molar-refractivity contribution in [1.29, 1.82) is 0 Å². The first-order chi connectivity index (χ1) is 24.3. The van der Waals surface area contributed by atoms with Crippen LogP contribution in [0.1, 0.15) is 201 Å².